The molecule has 0 atom stereocenters. The number of nitrogens with zero attached hydrogens (tertiary/aromatic N) is 4. The molecule has 268 valence electrons. The summed E-state index contributed by atoms with van der Waals surface area (Å²) in [5.41, 5.74) is -3.91. The maximum atomic E-state index is 15.7. The minimum atomic E-state index is -1.25. The van der Waals surface area contributed by atoms with Crippen LogP contribution in [0.3, 0.4) is 0 Å². The predicted molar refractivity (Wildman–Crippen MR) is 189 cm³/mol. The predicted octanol–water partition coefficient (Wildman–Crippen LogP) is 10.4. The van der Waals surface area contributed by atoms with Crippen LogP contribution in [0.25, 0.3) is 88.5 Å². The Morgan fingerprint density at radius 3 is 1.36 bits per heavy atom. The van der Waals surface area contributed by atoms with Gasteiger partial charge in [0, 0.05) is 21.9 Å². The summed E-state index contributed by atoms with van der Waals surface area (Å²) in [5.74, 6) is -7.76. The molecule has 0 amide bonds. The van der Waals surface area contributed by atoms with E-state index in [1.807, 2.05) is 0 Å². The average molecular weight is 808 g/mol. The van der Waals surface area contributed by atoms with Gasteiger partial charge in [0.15, 0.2) is 5.69 Å². The van der Waals surface area contributed by atoms with E-state index in [9.17, 15) is 4.79 Å². The molecule has 0 saturated heterocycles. The van der Waals surface area contributed by atoms with E-state index >= 15 is 26.3 Å². The molecule has 4 aromatic carbocycles. The van der Waals surface area contributed by atoms with E-state index < -0.39 is 74.7 Å². The molecule has 15 heteroatoms. The van der Waals surface area contributed by atoms with Crippen molar-refractivity contribution in [3.8, 4) is 28.1 Å². The van der Waals surface area contributed by atoms with E-state index in [4.69, 9.17) is 13.6 Å². The fourth-order valence-electron chi connectivity index (χ4n) is 6.95. The van der Waals surface area contributed by atoms with E-state index in [1.54, 1.807) is 0 Å². The molecule has 0 N–H and O–H groups in total. The number of aromatic nitrogens is 4. The van der Waals surface area contributed by atoms with Gasteiger partial charge in [0.05, 0.1) is 21.9 Å². The topological polar surface area (TPSA) is 107 Å². The fourth-order valence-corrected chi connectivity index (χ4v) is 6.95. The standard InChI is InChI=1S/C41H17F6N4O4.Zn/c42-17-5-1-6-18(43)29(17)33-23-13-14-25(48-23)35-31-21(46)9-3-11-27(31)53-39(35)51-40-36(32-22(47)10-4-12-28(32)54-40)26-16-15-24(49-26)34(38-50-37(33)41(52)55-38)30-19(44)7-2-8-20(30)45;/h1-16H,(H-,48,49,50,51,52);/q-1;+2/p-1. The molecule has 5 aromatic heterocycles. The van der Waals surface area contributed by atoms with Crippen LogP contribution in [0, 0.1) is 34.9 Å². The summed E-state index contributed by atoms with van der Waals surface area (Å²) in [6, 6.07) is 19.6. The molecule has 0 fully saturated rings. The number of esters is 1. The maximum Gasteiger partial charge on any atom is 2.00 e. The quantitative estimate of drug-likeness (QED) is 0.0966. The summed E-state index contributed by atoms with van der Waals surface area (Å²) in [4.78, 5) is 31.9. The molecule has 0 spiro atoms. The van der Waals surface area contributed by atoms with Crippen LogP contribution in [0.15, 0.2) is 106 Å². The Labute approximate surface area is 321 Å². The SMILES string of the molecule is O=C1Oc2nc1c(-c1c(F)cccc1F)c1ccc([n-]1)c1c(nc3oc4cccc(F)c4c3c3ccc([n-]3)c2-c2c(F)cccc2F)oc2cccc(F)c21.[Zn+2]. The van der Waals surface area contributed by atoms with Gasteiger partial charge in [0.2, 0.25) is 17.3 Å². The number of hydrogen-bond acceptors (Lipinski definition) is 6. The molecule has 0 saturated carbocycles. The van der Waals surface area contributed by atoms with E-state index in [0.717, 1.165) is 36.4 Å². The molecule has 9 aromatic rings. The van der Waals surface area contributed by atoms with Gasteiger partial charge in [-0.15, -0.1) is 22.1 Å². The van der Waals surface area contributed by atoms with E-state index in [2.05, 4.69) is 19.9 Å². The molecule has 56 heavy (non-hydrogen) atoms. The first-order valence-electron chi connectivity index (χ1n) is 16.4. The second kappa shape index (κ2) is 12.9. The van der Waals surface area contributed by atoms with Crippen LogP contribution in [0.1, 0.15) is 10.5 Å². The summed E-state index contributed by atoms with van der Waals surface area (Å²) in [6.45, 7) is 0. The number of ether oxygens (including phenoxy) is 1. The van der Waals surface area contributed by atoms with Crippen molar-refractivity contribution in [2.75, 3.05) is 0 Å². The second-order valence-corrected chi connectivity index (χ2v) is 12.4. The van der Waals surface area contributed by atoms with Crippen LogP contribution >= 0.6 is 0 Å². The minimum absolute atomic E-state index is 0. The molecule has 1 aliphatic rings. The minimum Gasteiger partial charge on any atom is -0.657 e. The van der Waals surface area contributed by atoms with E-state index in [1.165, 1.54) is 60.7 Å². The second-order valence-electron chi connectivity index (χ2n) is 12.4. The van der Waals surface area contributed by atoms with Crippen LogP contribution in [0.2, 0.25) is 0 Å². The smallest absolute Gasteiger partial charge is 0.657 e. The average Bonchev–Trinajstić information content (AvgIpc) is 3.99. The zero-order chi connectivity index (χ0) is 37.7. The van der Waals surface area contributed by atoms with Gasteiger partial charge in [-0.3, -0.25) is 0 Å². The number of carbonyl (C=O) groups is 1. The molecule has 6 heterocycles. The van der Waals surface area contributed by atoms with Crippen molar-refractivity contribution in [3.05, 3.63) is 138 Å². The number of furan rings is 2. The number of fused-ring (bicyclic) bond motifs is 14. The first-order valence-corrected chi connectivity index (χ1v) is 16.4. The van der Waals surface area contributed by atoms with Crippen molar-refractivity contribution < 1.29 is 64.2 Å². The van der Waals surface area contributed by atoms with Gasteiger partial charge in [-0.25, -0.2) is 36.1 Å². The van der Waals surface area contributed by atoms with Crippen molar-refractivity contribution in [2.24, 2.45) is 0 Å². The monoisotopic (exact) mass is 806 g/mol. The molecule has 0 aliphatic carbocycles. The van der Waals surface area contributed by atoms with Gasteiger partial charge in [-0.2, -0.15) is 4.98 Å². The Bertz CT molecular complexity index is 3280. The number of hydrogen-bond donors (Lipinski definition) is 0. The molecule has 10 rings (SSSR count). The third-order valence-electron chi connectivity index (χ3n) is 9.27. The third-order valence-corrected chi connectivity index (χ3v) is 9.27. The van der Waals surface area contributed by atoms with Gasteiger partial charge < -0.3 is 23.5 Å². The zero-order valence-electron chi connectivity index (χ0n) is 28.1. The molecule has 1 aliphatic heterocycles. The molecule has 8 nitrogen and oxygen atoms in total. The molecule has 0 unspecified atom stereocenters. The van der Waals surface area contributed by atoms with Crippen molar-refractivity contribution in [1.82, 2.24) is 19.9 Å². The van der Waals surface area contributed by atoms with E-state index in [-0.39, 0.29) is 85.7 Å². The van der Waals surface area contributed by atoms with Gasteiger partial charge in [0.25, 0.3) is 0 Å². The Morgan fingerprint density at radius 1 is 0.446 bits per heavy atom. The summed E-state index contributed by atoms with van der Waals surface area (Å²) >= 11 is 0. The van der Waals surface area contributed by atoms with Gasteiger partial charge in [0.1, 0.15) is 46.1 Å². The van der Waals surface area contributed by atoms with Crippen LogP contribution in [-0.4, -0.2) is 15.9 Å². The van der Waals surface area contributed by atoms with Crippen LogP contribution in [0.4, 0.5) is 26.3 Å². The number of benzene rings is 4. The zero-order valence-corrected chi connectivity index (χ0v) is 31.1. The summed E-state index contributed by atoms with van der Waals surface area (Å²) < 4.78 is 112. The van der Waals surface area contributed by atoms with Gasteiger partial charge >= 0.3 is 25.4 Å². The fraction of sp³-hybridized carbons (Fsp3) is 0. The Kier molecular flexibility index (Phi) is 8.09. The maximum absolute atomic E-state index is 15.7. The van der Waals surface area contributed by atoms with Crippen LogP contribution in [-0.2, 0) is 19.5 Å². The first kappa shape index (κ1) is 35.0. The largest absolute Gasteiger partial charge is 2.00 e. The van der Waals surface area contributed by atoms with Crippen LogP contribution in [0.5, 0.6) is 5.88 Å². The molecule has 6 bridgehead atoms. The van der Waals surface area contributed by atoms with E-state index in [0.29, 0.717) is 0 Å². The molecular formula is C41H16F6N4O4Zn. The Morgan fingerprint density at radius 2 is 0.857 bits per heavy atom. The molecule has 0 radical (unpaired) electrons. The van der Waals surface area contributed by atoms with Gasteiger partial charge in [-0.05, 0) is 48.5 Å². The Balaban J connectivity index is 0.00000410. The normalized spacial score (nSPS) is 12.1. The Hall–Kier alpha value is -6.73. The van der Waals surface area contributed by atoms with Crippen molar-refractivity contribution in [1.29, 1.82) is 0 Å². The summed E-state index contributed by atoms with van der Waals surface area (Å²) in [7, 11) is 0. The number of carbonyl (C=O) groups excluding carboxylic acids is 1. The van der Waals surface area contributed by atoms with Crippen molar-refractivity contribution in [3.63, 3.8) is 0 Å². The van der Waals surface area contributed by atoms with Crippen molar-refractivity contribution >= 4 is 72.2 Å². The third kappa shape index (κ3) is 5.22. The first-order chi connectivity index (χ1) is 26.7. The van der Waals surface area contributed by atoms with Gasteiger partial charge in [-0.1, -0.05) is 48.5 Å². The van der Waals surface area contributed by atoms with Crippen LogP contribution < -0.4 is 14.7 Å². The van der Waals surface area contributed by atoms with Crippen molar-refractivity contribution in [2.45, 2.75) is 0 Å². The number of rotatable bonds is 2. The summed E-state index contributed by atoms with van der Waals surface area (Å²) in [6.07, 6.45) is 0. The summed E-state index contributed by atoms with van der Waals surface area (Å²) in [5, 5.41) is -0.153. The number of halogens is 6. The molecular weight excluding hydrogens is 792 g/mol.